The number of H-pyrrole nitrogens is 1. The Kier molecular flexibility index (Phi) is 6.47. The number of aliphatic hydroxyl groups is 1. The lowest BCUT2D eigenvalue weighted by molar-refractivity contribution is 0.0952. The molecule has 29 heavy (non-hydrogen) atoms. The Balaban J connectivity index is 1.72. The Morgan fingerprint density at radius 2 is 2.07 bits per heavy atom. The van der Waals surface area contributed by atoms with Gasteiger partial charge in [-0.15, -0.1) is 11.3 Å². The summed E-state index contributed by atoms with van der Waals surface area (Å²) in [6.45, 7) is 2.78. The summed E-state index contributed by atoms with van der Waals surface area (Å²) >= 11 is 1.17. The van der Waals surface area contributed by atoms with Crippen LogP contribution < -0.4 is 16.0 Å². The van der Waals surface area contributed by atoms with Crippen molar-refractivity contribution in [2.24, 2.45) is 0 Å². The van der Waals surface area contributed by atoms with E-state index in [2.05, 4.69) is 26.1 Å². The van der Waals surface area contributed by atoms with E-state index < -0.39 is 12.1 Å². The first-order chi connectivity index (χ1) is 13.8. The highest BCUT2D eigenvalue weighted by molar-refractivity contribution is 7.16. The molecule has 0 fully saturated rings. The van der Waals surface area contributed by atoms with Crippen molar-refractivity contribution >= 4 is 44.9 Å². The number of hydrogen-bond acceptors (Lipinski definition) is 6. The zero-order chi connectivity index (χ0) is 21.0. The third-order valence-corrected chi connectivity index (χ3v) is 5.40. The van der Waals surface area contributed by atoms with E-state index in [9.17, 15) is 14.7 Å². The summed E-state index contributed by atoms with van der Waals surface area (Å²) in [7, 11) is 3.83. The van der Waals surface area contributed by atoms with Crippen LogP contribution in [-0.2, 0) is 0 Å². The first kappa shape index (κ1) is 20.8. The second-order valence-electron chi connectivity index (χ2n) is 6.88. The zero-order valence-electron chi connectivity index (χ0n) is 16.4. The minimum Gasteiger partial charge on any atom is -0.388 e. The average Bonchev–Trinajstić information content (AvgIpc) is 3.27. The number of benzene rings is 1. The van der Waals surface area contributed by atoms with Gasteiger partial charge < -0.3 is 20.6 Å². The van der Waals surface area contributed by atoms with Gasteiger partial charge in [-0.2, -0.15) is 5.10 Å². The summed E-state index contributed by atoms with van der Waals surface area (Å²) in [5, 5.41) is 26.2. The van der Waals surface area contributed by atoms with Crippen molar-refractivity contribution in [1.82, 2.24) is 20.4 Å². The molecule has 5 N–H and O–H groups in total. The van der Waals surface area contributed by atoms with E-state index in [1.54, 1.807) is 31.3 Å². The first-order valence-electron chi connectivity index (χ1n) is 9.09. The molecule has 0 radical (unpaired) electrons. The van der Waals surface area contributed by atoms with Gasteiger partial charge >= 0.3 is 6.03 Å². The van der Waals surface area contributed by atoms with E-state index in [4.69, 9.17) is 0 Å². The zero-order valence-corrected chi connectivity index (χ0v) is 17.3. The largest absolute Gasteiger partial charge is 0.388 e. The van der Waals surface area contributed by atoms with E-state index in [0.717, 1.165) is 10.9 Å². The average molecular weight is 417 g/mol. The van der Waals surface area contributed by atoms with Crippen LogP contribution in [0.5, 0.6) is 0 Å². The van der Waals surface area contributed by atoms with Gasteiger partial charge in [-0.3, -0.25) is 15.2 Å². The molecule has 0 saturated heterocycles. The number of aromatic nitrogens is 2. The van der Waals surface area contributed by atoms with E-state index in [1.807, 2.05) is 25.1 Å². The molecular formula is C19H24N6O3S. The summed E-state index contributed by atoms with van der Waals surface area (Å²) < 4.78 is 0. The van der Waals surface area contributed by atoms with Gasteiger partial charge in [-0.05, 0) is 45.3 Å². The number of likely N-dealkylation sites (N-methyl/N-ethyl adjacent to an activating group) is 1. The summed E-state index contributed by atoms with van der Waals surface area (Å²) in [4.78, 5) is 27.6. The van der Waals surface area contributed by atoms with Crippen molar-refractivity contribution in [3.63, 3.8) is 0 Å². The predicted octanol–water partition coefficient (Wildman–Crippen LogP) is 2.61. The molecule has 1 atom stereocenters. The van der Waals surface area contributed by atoms with Crippen molar-refractivity contribution in [3.05, 3.63) is 40.9 Å². The van der Waals surface area contributed by atoms with E-state index >= 15 is 0 Å². The molecule has 3 rings (SSSR count). The maximum Gasteiger partial charge on any atom is 0.324 e. The number of nitrogens with zero attached hydrogens (tertiary/aromatic N) is 2. The van der Waals surface area contributed by atoms with Crippen LogP contribution in [0.4, 0.5) is 15.5 Å². The fourth-order valence-electron chi connectivity index (χ4n) is 2.65. The van der Waals surface area contributed by atoms with Crippen LogP contribution in [0.3, 0.4) is 0 Å². The lowest BCUT2D eigenvalue weighted by Gasteiger charge is -2.11. The van der Waals surface area contributed by atoms with Crippen LogP contribution in [0.1, 0.15) is 28.3 Å². The van der Waals surface area contributed by atoms with E-state index in [1.165, 1.54) is 11.3 Å². The Morgan fingerprint density at radius 3 is 2.79 bits per heavy atom. The molecule has 9 nitrogen and oxygen atoms in total. The number of fused-ring (bicyclic) bond motifs is 1. The minimum atomic E-state index is -0.740. The molecule has 3 aromatic rings. The number of anilines is 2. The van der Waals surface area contributed by atoms with Gasteiger partial charge in [0.15, 0.2) is 0 Å². The lowest BCUT2D eigenvalue weighted by atomic mass is 10.2. The molecule has 0 aliphatic rings. The van der Waals surface area contributed by atoms with Gasteiger partial charge in [0, 0.05) is 29.0 Å². The molecule has 10 heteroatoms. The lowest BCUT2D eigenvalue weighted by Crippen LogP contribution is -2.31. The summed E-state index contributed by atoms with van der Waals surface area (Å²) in [6, 6.07) is 6.49. The second kappa shape index (κ2) is 9.03. The highest BCUT2D eigenvalue weighted by atomic mass is 32.1. The van der Waals surface area contributed by atoms with Crippen molar-refractivity contribution in [1.29, 1.82) is 0 Å². The molecule has 3 amide bonds. The van der Waals surface area contributed by atoms with Crippen LogP contribution >= 0.6 is 11.3 Å². The van der Waals surface area contributed by atoms with Crippen molar-refractivity contribution in [2.75, 3.05) is 37.8 Å². The maximum absolute atomic E-state index is 12.6. The van der Waals surface area contributed by atoms with Gasteiger partial charge in [-0.1, -0.05) is 0 Å². The number of urea groups is 1. The number of carbonyl (C=O) groups excluding carboxylic acids is 2. The third kappa shape index (κ3) is 5.31. The van der Waals surface area contributed by atoms with Gasteiger partial charge in [0.1, 0.15) is 5.00 Å². The molecule has 0 unspecified atom stereocenters. The standard InChI is InChI=1S/C19H24N6O3S/c1-11(26)16-9-14(17(27)20-6-7-25(2)3)18(29-16)23-19(28)22-13-4-5-15-12(8-13)10-21-24-15/h4-5,8-11,26H,6-7H2,1-3H3,(H,20,27)(H,21,24)(H2,22,23,28)/t11-/m1/s1. The van der Waals surface area contributed by atoms with Gasteiger partial charge in [0.05, 0.1) is 23.4 Å². The SMILES string of the molecule is C[C@@H](O)c1cc(C(=O)NCCN(C)C)c(NC(=O)Nc2ccc3[nH]ncc3c2)s1. The molecule has 2 heterocycles. The monoisotopic (exact) mass is 416 g/mol. The van der Waals surface area contributed by atoms with E-state index in [-0.39, 0.29) is 5.91 Å². The number of amides is 3. The summed E-state index contributed by atoms with van der Waals surface area (Å²) in [5.41, 5.74) is 1.79. The fourth-order valence-corrected chi connectivity index (χ4v) is 3.64. The number of nitrogens with one attached hydrogen (secondary N) is 4. The molecule has 0 spiro atoms. The summed E-state index contributed by atoms with van der Waals surface area (Å²) in [5.74, 6) is -0.301. The number of thiophene rings is 1. The molecule has 0 saturated carbocycles. The number of carbonyl (C=O) groups is 2. The topological polar surface area (TPSA) is 122 Å². The highest BCUT2D eigenvalue weighted by Crippen LogP contribution is 2.32. The molecule has 0 aliphatic heterocycles. The van der Waals surface area contributed by atoms with Gasteiger partial charge in [0.2, 0.25) is 0 Å². The molecule has 0 bridgehead atoms. The quantitative estimate of drug-likeness (QED) is 0.405. The number of aromatic amines is 1. The maximum atomic E-state index is 12.6. The van der Waals surface area contributed by atoms with Gasteiger partial charge in [0.25, 0.3) is 5.91 Å². The fraction of sp³-hybridized carbons (Fsp3) is 0.316. The van der Waals surface area contributed by atoms with Crippen LogP contribution in [-0.4, -0.2) is 59.3 Å². The number of hydrogen-bond donors (Lipinski definition) is 5. The van der Waals surface area contributed by atoms with Crippen molar-refractivity contribution in [3.8, 4) is 0 Å². The number of aliphatic hydroxyl groups excluding tert-OH is 1. The number of rotatable bonds is 7. The Hall–Kier alpha value is -2.95. The molecule has 154 valence electrons. The van der Waals surface area contributed by atoms with E-state index in [0.29, 0.717) is 34.2 Å². The smallest absolute Gasteiger partial charge is 0.324 e. The van der Waals surface area contributed by atoms with Gasteiger partial charge in [-0.25, -0.2) is 4.79 Å². The Labute approximate surface area is 172 Å². The first-order valence-corrected chi connectivity index (χ1v) is 9.91. The third-order valence-electron chi connectivity index (χ3n) is 4.18. The summed E-state index contributed by atoms with van der Waals surface area (Å²) in [6.07, 6.45) is 0.929. The van der Waals surface area contributed by atoms with Crippen molar-refractivity contribution in [2.45, 2.75) is 13.0 Å². The van der Waals surface area contributed by atoms with Crippen LogP contribution in [0, 0.1) is 0 Å². The molecular weight excluding hydrogens is 392 g/mol. The highest BCUT2D eigenvalue weighted by Gasteiger charge is 2.20. The Morgan fingerprint density at radius 1 is 1.28 bits per heavy atom. The molecule has 0 aliphatic carbocycles. The predicted molar refractivity (Wildman–Crippen MR) is 115 cm³/mol. The minimum absolute atomic E-state index is 0.301. The molecule has 1 aromatic carbocycles. The molecule has 2 aromatic heterocycles. The van der Waals surface area contributed by atoms with Crippen LogP contribution in [0.15, 0.2) is 30.5 Å². The Bertz CT molecular complexity index is 1010. The van der Waals surface area contributed by atoms with Crippen molar-refractivity contribution < 1.29 is 14.7 Å². The van der Waals surface area contributed by atoms with Crippen LogP contribution in [0.2, 0.25) is 0 Å². The normalized spacial score (nSPS) is 12.2. The second-order valence-corrected chi connectivity index (χ2v) is 7.96. The van der Waals surface area contributed by atoms with Crippen LogP contribution in [0.25, 0.3) is 10.9 Å².